The van der Waals surface area contributed by atoms with Crippen molar-refractivity contribution in [2.75, 3.05) is 0 Å². The van der Waals surface area contributed by atoms with E-state index in [1.807, 2.05) is 40.7 Å². The van der Waals surface area contributed by atoms with Gasteiger partial charge in [0.25, 0.3) is 5.91 Å². The molecule has 2 heterocycles. The van der Waals surface area contributed by atoms with Gasteiger partial charge in [-0.05, 0) is 53.7 Å². The number of hydrogen-bond acceptors (Lipinski definition) is 7. The first-order chi connectivity index (χ1) is 13.2. The van der Waals surface area contributed by atoms with E-state index in [2.05, 4.69) is 10.1 Å². The van der Waals surface area contributed by atoms with Gasteiger partial charge in [0.05, 0.1) is 11.3 Å². The van der Waals surface area contributed by atoms with Gasteiger partial charge in [-0.15, -0.1) is 0 Å². The van der Waals surface area contributed by atoms with Crippen LogP contribution in [0.2, 0.25) is 0 Å². The molecule has 2 rings (SSSR count). The molecule has 0 saturated carbocycles. The van der Waals surface area contributed by atoms with E-state index >= 15 is 0 Å². The Hall–Kier alpha value is -2.35. The summed E-state index contributed by atoms with van der Waals surface area (Å²) in [5.74, 6) is 0.454. The molecule has 1 amide bonds. The average Bonchev–Trinajstić information content (AvgIpc) is 3.04. The molecule has 0 aliphatic heterocycles. The van der Waals surface area contributed by atoms with Gasteiger partial charge in [0.15, 0.2) is 6.10 Å². The second-order valence-electron chi connectivity index (χ2n) is 7.05. The molecule has 0 spiro atoms. The maximum atomic E-state index is 12.7. The van der Waals surface area contributed by atoms with E-state index in [4.69, 9.17) is 9.26 Å². The monoisotopic (exact) mass is 405 g/mol. The van der Waals surface area contributed by atoms with Gasteiger partial charge in [0.2, 0.25) is 0 Å². The van der Waals surface area contributed by atoms with Crippen molar-refractivity contribution in [1.29, 1.82) is 0 Å². The van der Waals surface area contributed by atoms with Crippen LogP contribution in [0.25, 0.3) is 0 Å². The molecule has 0 fully saturated rings. The number of thioether (sulfide) groups is 1. The molecule has 0 radical (unpaired) electrons. The lowest BCUT2D eigenvalue weighted by molar-refractivity contribution is -0.143. The minimum Gasteiger partial charge on any atom is -0.449 e. The third kappa shape index (κ3) is 5.58. The third-order valence-electron chi connectivity index (χ3n) is 4.02. The van der Waals surface area contributed by atoms with E-state index in [9.17, 15) is 9.59 Å². The van der Waals surface area contributed by atoms with Crippen LogP contribution >= 0.6 is 11.8 Å². The van der Waals surface area contributed by atoms with Crippen molar-refractivity contribution in [3.8, 4) is 0 Å². The minimum atomic E-state index is -0.881. The van der Waals surface area contributed by atoms with Gasteiger partial charge in [-0.1, -0.05) is 16.9 Å². The molecule has 2 aromatic heterocycles. The van der Waals surface area contributed by atoms with Crippen LogP contribution in [0.15, 0.2) is 33.9 Å². The van der Waals surface area contributed by atoms with Crippen LogP contribution in [0.1, 0.15) is 56.4 Å². The summed E-state index contributed by atoms with van der Waals surface area (Å²) >= 11 is 1.36. The topological polar surface area (TPSA) is 85.5 Å². The Kier molecular flexibility index (Phi) is 7.62. The zero-order valence-corrected chi connectivity index (χ0v) is 17.9. The molecule has 1 atom stereocenters. The number of amides is 1. The Morgan fingerprint density at radius 3 is 2.46 bits per heavy atom. The predicted octanol–water partition coefficient (Wildman–Crippen LogP) is 3.86. The maximum Gasteiger partial charge on any atom is 0.341 e. The molecule has 7 nitrogen and oxygen atoms in total. The smallest absolute Gasteiger partial charge is 0.341 e. The lowest BCUT2D eigenvalue weighted by Crippen LogP contribution is -2.47. The molecule has 0 N–H and O–H groups in total. The van der Waals surface area contributed by atoms with Gasteiger partial charge in [-0.25, -0.2) is 9.78 Å². The second-order valence-corrected chi connectivity index (χ2v) is 8.02. The van der Waals surface area contributed by atoms with Gasteiger partial charge < -0.3 is 14.2 Å². The van der Waals surface area contributed by atoms with E-state index in [0.29, 0.717) is 16.3 Å². The maximum absolute atomic E-state index is 12.7. The van der Waals surface area contributed by atoms with Gasteiger partial charge >= 0.3 is 5.97 Å². The number of carbonyl (C=O) groups is 2. The number of ether oxygens (including phenoxy) is 1. The minimum absolute atomic E-state index is 0.0177. The summed E-state index contributed by atoms with van der Waals surface area (Å²) in [6.07, 6.45) is 0.731. The Labute approximate surface area is 169 Å². The van der Waals surface area contributed by atoms with Crippen molar-refractivity contribution in [3.63, 3.8) is 0 Å². The highest BCUT2D eigenvalue weighted by molar-refractivity contribution is 7.98. The fraction of sp³-hybridized carbons (Fsp3) is 0.500. The summed E-state index contributed by atoms with van der Waals surface area (Å²) in [7, 11) is 0. The summed E-state index contributed by atoms with van der Waals surface area (Å²) in [5.41, 5.74) is 1.09. The number of esters is 1. The molecule has 0 aliphatic carbocycles. The molecule has 0 aliphatic rings. The normalized spacial score (nSPS) is 12.3. The number of aryl methyl sites for hydroxylation is 1. The highest BCUT2D eigenvalue weighted by Crippen LogP contribution is 2.25. The van der Waals surface area contributed by atoms with Crippen molar-refractivity contribution in [1.82, 2.24) is 15.0 Å². The van der Waals surface area contributed by atoms with Gasteiger partial charge in [-0.3, -0.25) is 4.79 Å². The third-order valence-corrected chi connectivity index (χ3v) is 5.06. The molecule has 0 aromatic carbocycles. The van der Waals surface area contributed by atoms with Crippen LogP contribution in [-0.4, -0.2) is 45.1 Å². The van der Waals surface area contributed by atoms with Gasteiger partial charge in [0.1, 0.15) is 10.8 Å². The highest BCUT2D eigenvalue weighted by Gasteiger charge is 2.28. The fourth-order valence-electron chi connectivity index (χ4n) is 2.88. The predicted molar refractivity (Wildman–Crippen MR) is 107 cm³/mol. The Morgan fingerprint density at radius 2 is 1.89 bits per heavy atom. The molecular formula is C20H27N3O4S. The molecule has 28 heavy (non-hydrogen) atoms. The lowest BCUT2D eigenvalue weighted by atomic mass is 10.2. The van der Waals surface area contributed by atoms with Crippen LogP contribution in [-0.2, 0) is 15.3 Å². The zero-order valence-electron chi connectivity index (χ0n) is 17.1. The van der Waals surface area contributed by atoms with Crippen LogP contribution in [0.3, 0.4) is 0 Å². The van der Waals surface area contributed by atoms with Crippen molar-refractivity contribution in [3.05, 3.63) is 41.4 Å². The Bertz CT molecular complexity index is 811. The van der Waals surface area contributed by atoms with Crippen molar-refractivity contribution in [2.24, 2.45) is 0 Å². The number of hydrogen-bond donors (Lipinski definition) is 0. The molecule has 8 heteroatoms. The first kappa shape index (κ1) is 21.9. The van der Waals surface area contributed by atoms with Crippen LogP contribution in [0.4, 0.5) is 0 Å². The van der Waals surface area contributed by atoms with E-state index < -0.39 is 12.1 Å². The number of pyridine rings is 1. The van der Waals surface area contributed by atoms with Gasteiger partial charge in [-0.2, -0.15) is 0 Å². The SMILES string of the molecule is Cc1cc(CSc2ncccc2C(=O)O[C@H](C)C(=O)N(C(C)C)C(C)C)no1. The second kappa shape index (κ2) is 9.73. The van der Waals surface area contributed by atoms with Crippen molar-refractivity contribution < 1.29 is 18.8 Å². The number of carbonyl (C=O) groups excluding carboxylic acids is 2. The molecule has 0 bridgehead atoms. The lowest BCUT2D eigenvalue weighted by Gasteiger charge is -2.32. The highest BCUT2D eigenvalue weighted by atomic mass is 32.2. The average molecular weight is 406 g/mol. The van der Waals surface area contributed by atoms with E-state index in [0.717, 1.165) is 11.5 Å². The standard InChI is InChI=1S/C20H27N3O4S/c1-12(2)23(13(3)4)19(24)15(6)26-20(25)17-8-7-9-21-18(17)28-11-16-10-14(5)27-22-16/h7-10,12-13,15H,11H2,1-6H3/t15-/m1/s1. The van der Waals surface area contributed by atoms with E-state index in [1.54, 1.807) is 30.2 Å². The molecule has 0 unspecified atom stereocenters. The molecule has 2 aromatic rings. The molecule has 0 saturated heterocycles. The van der Waals surface area contributed by atoms with Crippen molar-refractivity contribution >= 4 is 23.6 Å². The van der Waals surface area contributed by atoms with Crippen molar-refractivity contribution in [2.45, 2.75) is 70.5 Å². The summed E-state index contributed by atoms with van der Waals surface area (Å²) < 4.78 is 10.5. The first-order valence-corrected chi connectivity index (χ1v) is 10.2. The quantitative estimate of drug-likeness (QED) is 0.487. The Morgan fingerprint density at radius 1 is 1.21 bits per heavy atom. The number of rotatable bonds is 8. The zero-order chi connectivity index (χ0) is 20.8. The fourth-order valence-corrected chi connectivity index (χ4v) is 3.74. The van der Waals surface area contributed by atoms with E-state index in [1.165, 1.54) is 11.8 Å². The van der Waals surface area contributed by atoms with Crippen LogP contribution in [0, 0.1) is 6.92 Å². The number of aromatic nitrogens is 2. The summed E-state index contributed by atoms with van der Waals surface area (Å²) in [6, 6.07) is 5.18. The van der Waals surface area contributed by atoms with E-state index in [-0.39, 0.29) is 18.0 Å². The van der Waals surface area contributed by atoms with Gasteiger partial charge in [0, 0.05) is 30.1 Å². The van der Waals surface area contributed by atoms with Crippen LogP contribution in [0.5, 0.6) is 0 Å². The van der Waals surface area contributed by atoms with Crippen LogP contribution < -0.4 is 0 Å². The Balaban J connectivity index is 2.08. The summed E-state index contributed by atoms with van der Waals surface area (Å²) in [6.45, 7) is 11.2. The molecule has 152 valence electrons. The molecular weight excluding hydrogens is 378 g/mol. The largest absolute Gasteiger partial charge is 0.449 e. The first-order valence-electron chi connectivity index (χ1n) is 9.23. The summed E-state index contributed by atoms with van der Waals surface area (Å²) in [4.78, 5) is 31.4. The summed E-state index contributed by atoms with van der Waals surface area (Å²) in [5, 5.41) is 4.46. The number of nitrogens with zero attached hydrogens (tertiary/aromatic N) is 3.